The number of aliphatic hydroxyl groups excluding tert-OH is 1. The molecule has 0 aromatic heterocycles. The molecule has 0 radical (unpaired) electrons. The Balaban J connectivity index is 2.07. The van der Waals surface area contributed by atoms with Crippen LogP contribution in [0.5, 0.6) is 0 Å². The Hall–Kier alpha value is -0.160. The van der Waals surface area contributed by atoms with Crippen molar-refractivity contribution < 1.29 is 19.3 Å². The molecule has 0 amide bonds. The highest BCUT2D eigenvalue weighted by Gasteiger charge is 2.26. The van der Waals surface area contributed by atoms with Gasteiger partial charge in [0.1, 0.15) is 6.10 Å². The fraction of sp³-hybridized carbons (Fsp3) is 1.00. The van der Waals surface area contributed by atoms with Crippen molar-refractivity contribution >= 4 is 0 Å². The molecule has 3 atom stereocenters. The summed E-state index contributed by atoms with van der Waals surface area (Å²) in [4.78, 5) is 0. The van der Waals surface area contributed by atoms with E-state index in [0.29, 0.717) is 6.61 Å². The maximum Gasteiger partial charge on any atom is 0.160 e. The van der Waals surface area contributed by atoms with E-state index in [4.69, 9.17) is 19.3 Å². The minimum Gasteiger partial charge on any atom is -0.394 e. The van der Waals surface area contributed by atoms with E-state index >= 15 is 0 Å². The van der Waals surface area contributed by atoms with Gasteiger partial charge in [-0.25, -0.2) is 0 Å². The Morgan fingerprint density at radius 1 is 1.53 bits per heavy atom. The van der Waals surface area contributed by atoms with Crippen molar-refractivity contribution in [3.63, 3.8) is 0 Å². The summed E-state index contributed by atoms with van der Waals surface area (Å²) in [6, 6.07) is 0. The molecule has 0 spiro atoms. The van der Waals surface area contributed by atoms with E-state index in [1.54, 1.807) is 0 Å². The van der Waals surface area contributed by atoms with Crippen LogP contribution in [0.1, 0.15) is 33.1 Å². The van der Waals surface area contributed by atoms with Crippen molar-refractivity contribution in [2.75, 3.05) is 19.8 Å². The van der Waals surface area contributed by atoms with Gasteiger partial charge < -0.3 is 19.3 Å². The van der Waals surface area contributed by atoms with Gasteiger partial charge >= 0.3 is 0 Å². The van der Waals surface area contributed by atoms with Gasteiger partial charge in [0.2, 0.25) is 0 Å². The third-order valence-corrected chi connectivity index (χ3v) is 2.44. The van der Waals surface area contributed by atoms with Crippen LogP contribution < -0.4 is 0 Å². The number of rotatable bonds is 7. The summed E-state index contributed by atoms with van der Waals surface area (Å²) in [7, 11) is 0. The maximum atomic E-state index is 8.86. The van der Waals surface area contributed by atoms with E-state index in [-0.39, 0.29) is 25.1 Å². The van der Waals surface area contributed by atoms with E-state index in [0.717, 1.165) is 25.9 Å². The molecule has 15 heavy (non-hydrogen) atoms. The van der Waals surface area contributed by atoms with Gasteiger partial charge in [0, 0.05) is 13.0 Å². The predicted molar refractivity (Wildman–Crippen MR) is 56.6 cm³/mol. The van der Waals surface area contributed by atoms with Crippen molar-refractivity contribution in [1.29, 1.82) is 0 Å². The van der Waals surface area contributed by atoms with Gasteiger partial charge in [0.05, 0.1) is 19.3 Å². The quantitative estimate of drug-likeness (QED) is 0.655. The Morgan fingerprint density at radius 2 is 2.33 bits per heavy atom. The Kier molecular flexibility index (Phi) is 6.17. The second-order valence-electron chi connectivity index (χ2n) is 3.97. The summed E-state index contributed by atoms with van der Waals surface area (Å²) in [5, 5.41) is 8.86. The topological polar surface area (TPSA) is 47.9 Å². The SMILES string of the molecule is CCCCOC(C)C[C@H]1OC[C@@H](CO)O1. The normalized spacial score (nSPS) is 28.2. The highest BCUT2D eigenvalue weighted by molar-refractivity contribution is 4.66. The van der Waals surface area contributed by atoms with Crippen molar-refractivity contribution in [3.8, 4) is 0 Å². The van der Waals surface area contributed by atoms with Crippen LogP contribution in [0.15, 0.2) is 0 Å². The molecule has 4 nitrogen and oxygen atoms in total. The minimum atomic E-state index is -0.209. The zero-order valence-corrected chi connectivity index (χ0v) is 9.65. The van der Waals surface area contributed by atoms with Gasteiger partial charge in [-0.1, -0.05) is 13.3 Å². The van der Waals surface area contributed by atoms with E-state index in [2.05, 4.69) is 6.92 Å². The number of hydrogen-bond donors (Lipinski definition) is 1. The lowest BCUT2D eigenvalue weighted by molar-refractivity contribution is -0.0958. The average Bonchev–Trinajstić information content (AvgIpc) is 2.66. The summed E-state index contributed by atoms with van der Waals surface area (Å²) in [5.41, 5.74) is 0. The fourth-order valence-corrected chi connectivity index (χ4v) is 1.50. The molecule has 90 valence electrons. The third-order valence-electron chi connectivity index (χ3n) is 2.44. The van der Waals surface area contributed by atoms with Crippen LogP contribution in [0.4, 0.5) is 0 Å². The van der Waals surface area contributed by atoms with Crippen molar-refractivity contribution in [2.45, 2.75) is 51.6 Å². The average molecular weight is 218 g/mol. The van der Waals surface area contributed by atoms with Crippen molar-refractivity contribution in [3.05, 3.63) is 0 Å². The summed E-state index contributed by atoms with van der Waals surface area (Å²) in [5.74, 6) is 0. The van der Waals surface area contributed by atoms with E-state index in [1.165, 1.54) is 0 Å². The summed E-state index contributed by atoms with van der Waals surface area (Å²) < 4.78 is 16.4. The largest absolute Gasteiger partial charge is 0.394 e. The fourth-order valence-electron chi connectivity index (χ4n) is 1.50. The van der Waals surface area contributed by atoms with Crippen molar-refractivity contribution in [1.82, 2.24) is 0 Å². The molecule has 1 N–H and O–H groups in total. The van der Waals surface area contributed by atoms with Crippen LogP contribution in [-0.2, 0) is 14.2 Å². The number of hydrogen-bond acceptors (Lipinski definition) is 4. The molecule has 1 aliphatic heterocycles. The molecule has 1 rings (SSSR count). The summed E-state index contributed by atoms with van der Waals surface area (Å²) in [6.45, 7) is 5.48. The van der Waals surface area contributed by atoms with Gasteiger partial charge in [0.25, 0.3) is 0 Å². The monoisotopic (exact) mass is 218 g/mol. The van der Waals surface area contributed by atoms with Crippen LogP contribution in [-0.4, -0.2) is 43.4 Å². The third kappa shape index (κ3) is 4.93. The molecule has 0 aromatic carbocycles. The van der Waals surface area contributed by atoms with Gasteiger partial charge in [-0.2, -0.15) is 0 Å². The van der Waals surface area contributed by atoms with Gasteiger partial charge in [-0.3, -0.25) is 0 Å². The lowest BCUT2D eigenvalue weighted by Crippen LogP contribution is -2.21. The van der Waals surface area contributed by atoms with E-state index in [9.17, 15) is 0 Å². The number of ether oxygens (including phenoxy) is 3. The highest BCUT2D eigenvalue weighted by atomic mass is 16.7. The summed E-state index contributed by atoms with van der Waals surface area (Å²) in [6.07, 6.45) is 2.77. The lowest BCUT2D eigenvalue weighted by atomic mass is 10.2. The Bertz CT molecular complexity index is 163. The predicted octanol–water partition coefficient (Wildman–Crippen LogP) is 1.32. The first kappa shape index (κ1) is 12.9. The molecular weight excluding hydrogens is 196 g/mol. The van der Waals surface area contributed by atoms with Crippen LogP contribution in [0.25, 0.3) is 0 Å². The molecule has 1 heterocycles. The molecule has 0 aliphatic carbocycles. The minimum absolute atomic E-state index is 0.0293. The molecule has 0 aromatic rings. The smallest absolute Gasteiger partial charge is 0.160 e. The summed E-state index contributed by atoms with van der Waals surface area (Å²) >= 11 is 0. The Morgan fingerprint density at radius 3 is 2.93 bits per heavy atom. The standard InChI is InChI=1S/C11H22O4/c1-3-4-5-13-9(2)6-11-14-8-10(7-12)15-11/h9-12H,3-8H2,1-2H3/t9?,10-,11+/m1/s1. The van der Waals surface area contributed by atoms with Gasteiger partial charge in [0.15, 0.2) is 6.29 Å². The van der Waals surface area contributed by atoms with Gasteiger partial charge in [-0.15, -0.1) is 0 Å². The van der Waals surface area contributed by atoms with E-state index in [1.807, 2.05) is 6.92 Å². The first-order chi connectivity index (χ1) is 7.26. The molecule has 4 heteroatoms. The van der Waals surface area contributed by atoms with Crippen molar-refractivity contribution in [2.24, 2.45) is 0 Å². The molecule has 1 aliphatic rings. The number of unbranched alkanes of at least 4 members (excludes halogenated alkanes) is 1. The second kappa shape index (κ2) is 7.17. The van der Waals surface area contributed by atoms with Crippen LogP contribution in [0, 0.1) is 0 Å². The molecule has 1 unspecified atom stereocenters. The Labute approximate surface area is 91.5 Å². The molecule has 1 fully saturated rings. The maximum absolute atomic E-state index is 8.86. The molecular formula is C11H22O4. The van der Waals surface area contributed by atoms with Crippen LogP contribution in [0.2, 0.25) is 0 Å². The molecule has 1 saturated heterocycles. The number of aliphatic hydroxyl groups is 1. The zero-order chi connectivity index (χ0) is 11.1. The lowest BCUT2D eigenvalue weighted by Gasteiger charge is -2.16. The van der Waals surface area contributed by atoms with Crippen LogP contribution >= 0.6 is 0 Å². The highest BCUT2D eigenvalue weighted by Crippen LogP contribution is 2.17. The van der Waals surface area contributed by atoms with Gasteiger partial charge in [-0.05, 0) is 13.3 Å². The first-order valence-corrected chi connectivity index (χ1v) is 5.75. The second-order valence-corrected chi connectivity index (χ2v) is 3.97. The first-order valence-electron chi connectivity index (χ1n) is 5.75. The molecule has 0 bridgehead atoms. The van der Waals surface area contributed by atoms with E-state index < -0.39 is 0 Å². The zero-order valence-electron chi connectivity index (χ0n) is 9.65. The molecule has 0 saturated carbocycles. The van der Waals surface area contributed by atoms with Crippen LogP contribution in [0.3, 0.4) is 0 Å².